The molecular formula is C13H12N2O. The standard InChI is InChI=1S/C13H12N2O/c16-14-11-15(12-7-3-1-4-8-12)13-9-5-2-6-10-13/h1-10H,11H2. The van der Waals surface area contributed by atoms with Gasteiger partial charge in [0.05, 0.1) is 0 Å². The maximum absolute atomic E-state index is 10.5. The average molecular weight is 212 g/mol. The summed E-state index contributed by atoms with van der Waals surface area (Å²) in [5.41, 5.74) is 1.93. The third-order valence-corrected chi connectivity index (χ3v) is 2.33. The molecule has 0 unspecified atom stereocenters. The van der Waals surface area contributed by atoms with E-state index in [4.69, 9.17) is 0 Å². The SMILES string of the molecule is O=NCN(c1ccccc1)c1ccccc1. The van der Waals surface area contributed by atoms with Gasteiger partial charge in [0.25, 0.3) is 0 Å². The fraction of sp³-hybridized carbons (Fsp3) is 0.0769. The zero-order valence-electron chi connectivity index (χ0n) is 8.78. The van der Waals surface area contributed by atoms with Crippen LogP contribution < -0.4 is 4.90 Å². The molecule has 0 N–H and O–H groups in total. The second-order valence-electron chi connectivity index (χ2n) is 3.37. The molecule has 0 atom stereocenters. The number of para-hydroxylation sites is 2. The Balaban J connectivity index is 2.35. The highest BCUT2D eigenvalue weighted by Gasteiger charge is 2.07. The van der Waals surface area contributed by atoms with Gasteiger partial charge in [-0.3, -0.25) is 0 Å². The topological polar surface area (TPSA) is 32.7 Å². The van der Waals surface area contributed by atoms with Crippen molar-refractivity contribution < 1.29 is 0 Å². The smallest absolute Gasteiger partial charge is 0.157 e. The van der Waals surface area contributed by atoms with Gasteiger partial charge in [0.2, 0.25) is 0 Å². The number of hydrogen-bond acceptors (Lipinski definition) is 3. The van der Waals surface area contributed by atoms with E-state index in [1.165, 1.54) is 0 Å². The summed E-state index contributed by atoms with van der Waals surface area (Å²) in [6, 6.07) is 19.5. The molecule has 0 aliphatic rings. The van der Waals surface area contributed by atoms with E-state index < -0.39 is 0 Å². The van der Waals surface area contributed by atoms with Crippen molar-refractivity contribution in [3.8, 4) is 0 Å². The molecule has 2 rings (SSSR count). The predicted octanol–water partition coefficient (Wildman–Crippen LogP) is 3.55. The number of hydrogen-bond donors (Lipinski definition) is 0. The van der Waals surface area contributed by atoms with Crippen molar-refractivity contribution in [1.29, 1.82) is 0 Å². The molecule has 3 nitrogen and oxygen atoms in total. The van der Waals surface area contributed by atoms with Crippen LogP contribution in [0.5, 0.6) is 0 Å². The Bertz CT molecular complexity index is 403. The lowest BCUT2D eigenvalue weighted by atomic mass is 10.2. The minimum Gasteiger partial charge on any atom is -0.318 e. The molecule has 0 saturated carbocycles. The summed E-state index contributed by atoms with van der Waals surface area (Å²) in [5.74, 6) is 0. The summed E-state index contributed by atoms with van der Waals surface area (Å²) in [4.78, 5) is 12.3. The first-order valence-electron chi connectivity index (χ1n) is 5.08. The Kier molecular flexibility index (Phi) is 3.28. The second kappa shape index (κ2) is 5.07. The van der Waals surface area contributed by atoms with Gasteiger partial charge in [0.15, 0.2) is 6.67 Å². The van der Waals surface area contributed by atoms with Crippen LogP contribution in [0.15, 0.2) is 65.8 Å². The van der Waals surface area contributed by atoms with E-state index in [9.17, 15) is 4.91 Å². The van der Waals surface area contributed by atoms with Gasteiger partial charge in [-0.1, -0.05) is 36.4 Å². The first-order valence-corrected chi connectivity index (χ1v) is 5.08. The Morgan fingerprint density at radius 3 is 1.62 bits per heavy atom. The first-order chi connectivity index (χ1) is 7.92. The fourth-order valence-corrected chi connectivity index (χ4v) is 1.59. The van der Waals surface area contributed by atoms with Crippen LogP contribution in [0.3, 0.4) is 0 Å². The molecule has 16 heavy (non-hydrogen) atoms. The molecule has 0 bridgehead atoms. The predicted molar refractivity (Wildman–Crippen MR) is 65.7 cm³/mol. The van der Waals surface area contributed by atoms with E-state index in [0.29, 0.717) is 0 Å². The van der Waals surface area contributed by atoms with Crippen molar-refractivity contribution in [2.24, 2.45) is 5.18 Å². The monoisotopic (exact) mass is 212 g/mol. The number of nitroso groups, excluding NO2 is 1. The molecule has 0 heterocycles. The largest absolute Gasteiger partial charge is 0.318 e. The van der Waals surface area contributed by atoms with Crippen molar-refractivity contribution in [1.82, 2.24) is 0 Å². The van der Waals surface area contributed by atoms with Crippen LogP contribution >= 0.6 is 0 Å². The minimum atomic E-state index is 0.119. The molecule has 0 aromatic heterocycles. The van der Waals surface area contributed by atoms with Crippen LogP contribution in [-0.2, 0) is 0 Å². The molecular weight excluding hydrogens is 200 g/mol. The molecule has 0 fully saturated rings. The van der Waals surface area contributed by atoms with E-state index in [-0.39, 0.29) is 6.67 Å². The Hall–Kier alpha value is -2.16. The molecule has 0 spiro atoms. The van der Waals surface area contributed by atoms with Crippen molar-refractivity contribution in [3.05, 3.63) is 65.6 Å². The third-order valence-electron chi connectivity index (χ3n) is 2.33. The van der Waals surface area contributed by atoms with Crippen LogP contribution in [0.2, 0.25) is 0 Å². The second-order valence-corrected chi connectivity index (χ2v) is 3.37. The average Bonchev–Trinajstić information content (AvgIpc) is 2.38. The van der Waals surface area contributed by atoms with Gasteiger partial charge >= 0.3 is 0 Å². The van der Waals surface area contributed by atoms with Gasteiger partial charge in [-0.25, -0.2) is 0 Å². The molecule has 80 valence electrons. The Morgan fingerprint density at radius 1 is 0.812 bits per heavy atom. The van der Waals surface area contributed by atoms with Gasteiger partial charge in [0, 0.05) is 11.4 Å². The van der Waals surface area contributed by atoms with Crippen LogP contribution in [0.25, 0.3) is 0 Å². The Labute approximate surface area is 94.3 Å². The summed E-state index contributed by atoms with van der Waals surface area (Å²) < 4.78 is 0. The van der Waals surface area contributed by atoms with Gasteiger partial charge in [-0.2, -0.15) is 0 Å². The van der Waals surface area contributed by atoms with E-state index in [0.717, 1.165) is 11.4 Å². The van der Waals surface area contributed by atoms with E-state index >= 15 is 0 Å². The normalized spacial score (nSPS) is 9.75. The number of benzene rings is 2. The van der Waals surface area contributed by atoms with Gasteiger partial charge < -0.3 is 4.90 Å². The van der Waals surface area contributed by atoms with E-state index in [1.807, 2.05) is 65.6 Å². The summed E-state index contributed by atoms with van der Waals surface area (Å²) in [7, 11) is 0. The van der Waals surface area contributed by atoms with Crippen LogP contribution in [0.4, 0.5) is 11.4 Å². The van der Waals surface area contributed by atoms with Crippen LogP contribution in [0.1, 0.15) is 0 Å². The molecule has 0 aliphatic carbocycles. The summed E-state index contributed by atoms with van der Waals surface area (Å²) in [6.07, 6.45) is 0. The fourth-order valence-electron chi connectivity index (χ4n) is 1.59. The molecule has 0 radical (unpaired) electrons. The van der Waals surface area contributed by atoms with Crippen molar-refractivity contribution in [2.75, 3.05) is 11.6 Å². The zero-order chi connectivity index (χ0) is 11.2. The van der Waals surface area contributed by atoms with Gasteiger partial charge in [0.1, 0.15) is 0 Å². The summed E-state index contributed by atoms with van der Waals surface area (Å²) in [5, 5.41) is 2.96. The van der Waals surface area contributed by atoms with Crippen LogP contribution in [0, 0.1) is 4.91 Å². The van der Waals surface area contributed by atoms with Crippen molar-refractivity contribution in [2.45, 2.75) is 0 Å². The van der Waals surface area contributed by atoms with Crippen molar-refractivity contribution in [3.63, 3.8) is 0 Å². The quantitative estimate of drug-likeness (QED) is 0.726. The first kappa shape index (κ1) is 10.4. The van der Waals surface area contributed by atoms with Crippen molar-refractivity contribution >= 4 is 11.4 Å². The Morgan fingerprint density at radius 2 is 1.25 bits per heavy atom. The van der Waals surface area contributed by atoms with Gasteiger partial charge in [-0.15, -0.1) is 4.91 Å². The minimum absolute atomic E-state index is 0.119. The number of nitrogens with zero attached hydrogens (tertiary/aromatic N) is 2. The lowest BCUT2D eigenvalue weighted by molar-refractivity contribution is 0.974. The third kappa shape index (κ3) is 2.25. The highest BCUT2D eigenvalue weighted by atomic mass is 16.3. The molecule has 0 aliphatic heterocycles. The summed E-state index contributed by atoms with van der Waals surface area (Å²) >= 11 is 0. The molecule has 0 saturated heterocycles. The number of anilines is 2. The van der Waals surface area contributed by atoms with Crippen LogP contribution in [-0.4, -0.2) is 6.67 Å². The summed E-state index contributed by atoms with van der Waals surface area (Å²) in [6.45, 7) is 0.119. The number of rotatable bonds is 4. The zero-order valence-corrected chi connectivity index (χ0v) is 8.78. The highest BCUT2D eigenvalue weighted by Crippen LogP contribution is 2.24. The highest BCUT2D eigenvalue weighted by molar-refractivity contribution is 5.62. The van der Waals surface area contributed by atoms with E-state index in [2.05, 4.69) is 5.18 Å². The molecule has 2 aromatic carbocycles. The maximum Gasteiger partial charge on any atom is 0.157 e. The molecule has 0 amide bonds. The maximum atomic E-state index is 10.5. The van der Waals surface area contributed by atoms with Gasteiger partial charge in [-0.05, 0) is 29.4 Å². The van der Waals surface area contributed by atoms with E-state index in [1.54, 1.807) is 0 Å². The molecule has 2 aromatic rings. The molecule has 3 heteroatoms. The lowest BCUT2D eigenvalue weighted by Gasteiger charge is -2.21. The lowest BCUT2D eigenvalue weighted by Crippen LogP contribution is -2.16.